The number of nitrogens with zero attached hydrogens (tertiary/aromatic N) is 3. The molecule has 0 radical (unpaired) electrons. The molecule has 1 aliphatic heterocycles. The molecule has 3 heterocycles. The van der Waals surface area contributed by atoms with Crippen LogP contribution >= 0.6 is 35.3 Å². The fraction of sp³-hybridized carbons (Fsp3) is 0.522. The number of primary amides is 1. The van der Waals surface area contributed by atoms with Gasteiger partial charge in [-0.05, 0) is 51.8 Å². The zero-order valence-electron chi connectivity index (χ0n) is 19.1. The van der Waals surface area contributed by atoms with Crippen molar-refractivity contribution in [1.82, 2.24) is 15.6 Å². The third-order valence-corrected chi connectivity index (χ3v) is 6.53. The van der Waals surface area contributed by atoms with E-state index in [4.69, 9.17) is 10.7 Å². The van der Waals surface area contributed by atoms with E-state index in [1.54, 1.807) is 0 Å². The van der Waals surface area contributed by atoms with E-state index >= 15 is 0 Å². The number of aromatic nitrogens is 1. The maximum atomic E-state index is 11.5. The SMILES string of the molecule is CCNC(=NCc1cccnc1N1CCC(C(N)=O)CC1)NC(C)Cc1ccc(C)s1.I. The summed E-state index contributed by atoms with van der Waals surface area (Å²) < 4.78 is 0. The van der Waals surface area contributed by atoms with Crippen LogP contribution in [0.3, 0.4) is 0 Å². The van der Waals surface area contributed by atoms with Gasteiger partial charge in [0.25, 0.3) is 0 Å². The van der Waals surface area contributed by atoms with Crippen molar-refractivity contribution < 1.29 is 4.79 Å². The van der Waals surface area contributed by atoms with E-state index in [9.17, 15) is 4.79 Å². The quantitative estimate of drug-likeness (QED) is 0.257. The molecule has 2 aromatic rings. The highest BCUT2D eigenvalue weighted by atomic mass is 127. The molecule has 1 amide bonds. The second-order valence-corrected chi connectivity index (χ2v) is 9.48. The van der Waals surface area contributed by atoms with Crippen molar-refractivity contribution >= 4 is 53.0 Å². The number of anilines is 1. The largest absolute Gasteiger partial charge is 0.369 e. The Balaban J connectivity index is 0.00000363. The first kappa shape index (κ1) is 26.4. The monoisotopic (exact) mass is 570 g/mol. The normalized spacial score (nSPS) is 15.7. The first-order valence-corrected chi connectivity index (χ1v) is 11.9. The summed E-state index contributed by atoms with van der Waals surface area (Å²) in [4.78, 5) is 25.9. The molecule has 176 valence electrons. The second-order valence-electron chi connectivity index (χ2n) is 8.11. The summed E-state index contributed by atoms with van der Waals surface area (Å²) in [5, 5.41) is 6.87. The number of carbonyl (C=O) groups is 1. The number of piperidine rings is 1. The lowest BCUT2D eigenvalue weighted by Crippen LogP contribution is -2.43. The van der Waals surface area contributed by atoms with Gasteiger partial charge in [0, 0.05) is 59.5 Å². The van der Waals surface area contributed by atoms with Gasteiger partial charge < -0.3 is 21.3 Å². The van der Waals surface area contributed by atoms with E-state index in [0.29, 0.717) is 6.54 Å². The van der Waals surface area contributed by atoms with Gasteiger partial charge in [0.1, 0.15) is 5.82 Å². The van der Waals surface area contributed by atoms with Crippen LogP contribution in [0.1, 0.15) is 42.0 Å². The zero-order chi connectivity index (χ0) is 22.2. The predicted octanol–water partition coefficient (Wildman–Crippen LogP) is 3.46. The summed E-state index contributed by atoms with van der Waals surface area (Å²) in [6.07, 6.45) is 4.34. The van der Waals surface area contributed by atoms with Gasteiger partial charge in [-0.3, -0.25) is 4.79 Å². The lowest BCUT2D eigenvalue weighted by molar-refractivity contribution is -0.122. The number of aryl methyl sites for hydroxylation is 1. The molecular formula is C23H35IN6OS. The molecule has 32 heavy (non-hydrogen) atoms. The summed E-state index contributed by atoms with van der Waals surface area (Å²) in [5.74, 6) is 1.54. The van der Waals surface area contributed by atoms with Crippen molar-refractivity contribution in [3.05, 3.63) is 45.8 Å². The van der Waals surface area contributed by atoms with Gasteiger partial charge in [0.05, 0.1) is 6.54 Å². The van der Waals surface area contributed by atoms with E-state index in [0.717, 1.165) is 56.2 Å². The molecule has 3 rings (SSSR count). The lowest BCUT2D eigenvalue weighted by atomic mass is 9.96. The van der Waals surface area contributed by atoms with Crippen LogP contribution < -0.4 is 21.3 Å². The summed E-state index contributed by atoms with van der Waals surface area (Å²) in [6.45, 7) is 9.31. The fourth-order valence-electron chi connectivity index (χ4n) is 3.88. The van der Waals surface area contributed by atoms with Crippen LogP contribution in [0.25, 0.3) is 0 Å². The van der Waals surface area contributed by atoms with E-state index in [1.807, 2.05) is 23.6 Å². The number of guanidine groups is 1. The van der Waals surface area contributed by atoms with Crippen LogP contribution in [0.4, 0.5) is 5.82 Å². The molecular weight excluding hydrogens is 535 g/mol. The smallest absolute Gasteiger partial charge is 0.220 e. The Hall–Kier alpha value is -1.88. The van der Waals surface area contributed by atoms with Gasteiger partial charge in [-0.2, -0.15) is 0 Å². The number of nitrogens with one attached hydrogen (secondary N) is 2. The number of pyridine rings is 1. The molecule has 1 saturated heterocycles. The van der Waals surface area contributed by atoms with Gasteiger partial charge in [-0.25, -0.2) is 9.98 Å². The fourth-order valence-corrected chi connectivity index (χ4v) is 4.90. The summed E-state index contributed by atoms with van der Waals surface area (Å²) in [7, 11) is 0. The molecule has 1 aliphatic rings. The molecule has 1 fully saturated rings. The molecule has 0 aliphatic carbocycles. The Morgan fingerprint density at radius 3 is 2.72 bits per heavy atom. The number of aliphatic imine (C=N–C) groups is 1. The number of thiophene rings is 1. The average molecular weight is 571 g/mol. The molecule has 0 saturated carbocycles. The molecule has 1 unspecified atom stereocenters. The highest BCUT2D eigenvalue weighted by Gasteiger charge is 2.24. The number of nitrogens with two attached hydrogens (primary N) is 1. The lowest BCUT2D eigenvalue weighted by Gasteiger charge is -2.32. The van der Waals surface area contributed by atoms with E-state index in [-0.39, 0.29) is 41.8 Å². The first-order valence-electron chi connectivity index (χ1n) is 11.0. The van der Waals surface area contributed by atoms with Crippen LogP contribution in [0, 0.1) is 12.8 Å². The minimum absolute atomic E-state index is 0. The van der Waals surface area contributed by atoms with Crippen LogP contribution in [0.15, 0.2) is 35.5 Å². The zero-order valence-corrected chi connectivity index (χ0v) is 22.3. The third kappa shape index (κ3) is 7.61. The molecule has 2 aromatic heterocycles. The molecule has 4 N–H and O–H groups in total. The minimum Gasteiger partial charge on any atom is -0.369 e. The second kappa shape index (κ2) is 13.0. The maximum absolute atomic E-state index is 11.5. The van der Waals surface area contributed by atoms with Crippen molar-refractivity contribution in [3.8, 4) is 0 Å². The highest BCUT2D eigenvalue weighted by Crippen LogP contribution is 2.25. The standard InChI is InChI=1S/C23H34N6OS.HI/c1-4-25-23(28-16(2)14-20-8-7-17(3)31-20)27-15-19-6-5-11-26-22(19)29-12-9-18(10-13-29)21(24)30;/h5-8,11,16,18H,4,9-10,12-15H2,1-3H3,(H2,24,30)(H2,25,27,28);1H. The third-order valence-electron chi connectivity index (χ3n) is 5.50. The number of amides is 1. The Morgan fingerprint density at radius 2 is 2.09 bits per heavy atom. The number of hydrogen-bond donors (Lipinski definition) is 3. The van der Waals surface area contributed by atoms with E-state index in [1.165, 1.54) is 9.75 Å². The van der Waals surface area contributed by atoms with E-state index in [2.05, 4.69) is 59.5 Å². The van der Waals surface area contributed by atoms with Crippen molar-refractivity contribution in [3.63, 3.8) is 0 Å². The van der Waals surface area contributed by atoms with Crippen molar-refractivity contribution in [1.29, 1.82) is 0 Å². The van der Waals surface area contributed by atoms with Gasteiger partial charge in [0.2, 0.25) is 5.91 Å². The molecule has 1 atom stereocenters. The Labute approximate surface area is 212 Å². The number of hydrogen-bond acceptors (Lipinski definition) is 5. The molecule has 0 bridgehead atoms. The van der Waals surface area contributed by atoms with Crippen LogP contribution in [0.5, 0.6) is 0 Å². The van der Waals surface area contributed by atoms with Crippen molar-refractivity contribution in [2.24, 2.45) is 16.6 Å². The highest BCUT2D eigenvalue weighted by molar-refractivity contribution is 14.0. The molecule has 0 aromatic carbocycles. The van der Waals surface area contributed by atoms with Gasteiger partial charge in [-0.1, -0.05) is 6.07 Å². The topological polar surface area (TPSA) is 95.6 Å². The van der Waals surface area contributed by atoms with Crippen molar-refractivity contribution in [2.45, 2.75) is 52.6 Å². The summed E-state index contributed by atoms with van der Waals surface area (Å²) in [5.41, 5.74) is 6.56. The Kier molecular flexibility index (Phi) is 10.7. The first-order chi connectivity index (χ1) is 15.0. The van der Waals surface area contributed by atoms with Crippen molar-refractivity contribution in [2.75, 3.05) is 24.5 Å². The summed E-state index contributed by atoms with van der Waals surface area (Å²) in [6, 6.07) is 8.67. The molecule has 0 spiro atoms. The van der Waals surface area contributed by atoms with Crippen LogP contribution in [0.2, 0.25) is 0 Å². The Bertz CT molecular complexity index is 894. The van der Waals surface area contributed by atoms with Crippen LogP contribution in [-0.2, 0) is 17.8 Å². The number of halogens is 1. The summed E-state index contributed by atoms with van der Waals surface area (Å²) >= 11 is 1.84. The number of rotatable bonds is 8. The van der Waals surface area contributed by atoms with Gasteiger partial charge in [-0.15, -0.1) is 35.3 Å². The average Bonchev–Trinajstić information content (AvgIpc) is 3.16. The minimum atomic E-state index is -0.196. The number of carbonyl (C=O) groups excluding carboxylic acids is 1. The molecule has 7 nitrogen and oxygen atoms in total. The Morgan fingerprint density at radius 1 is 1.34 bits per heavy atom. The van der Waals surface area contributed by atoms with Crippen LogP contribution in [-0.4, -0.2) is 42.5 Å². The van der Waals surface area contributed by atoms with Gasteiger partial charge >= 0.3 is 0 Å². The van der Waals surface area contributed by atoms with Gasteiger partial charge in [0.15, 0.2) is 5.96 Å². The predicted molar refractivity (Wildman–Crippen MR) is 144 cm³/mol. The maximum Gasteiger partial charge on any atom is 0.220 e. The molecule has 9 heteroatoms. The van der Waals surface area contributed by atoms with E-state index < -0.39 is 0 Å².